The molecule has 5 rings (SSSR count). The molecule has 0 bridgehead atoms. The molecule has 1 fully saturated rings. The molecule has 1 N–H and O–H groups in total. The molecule has 4 aromatic rings. The van der Waals surface area contributed by atoms with Crippen LogP contribution in [0, 0.1) is 11.2 Å². The van der Waals surface area contributed by atoms with E-state index >= 15 is 0 Å². The van der Waals surface area contributed by atoms with Gasteiger partial charge >= 0.3 is 0 Å². The number of rotatable bonds is 8. The van der Waals surface area contributed by atoms with Crippen LogP contribution in [0.3, 0.4) is 0 Å². The highest BCUT2D eigenvalue weighted by atomic mass is 32.2. The van der Waals surface area contributed by atoms with Gasteiger partial charge in [-0.3, -0.25) is 4.68 Å². The molecule has 0 aliphatic carbocycles. The van der Waals surface area contributed by atoms with Crippen molar-refractivity contribution in [3.05, 3.63) is 60.4 Å². The first-order valence-electron chi connectivity index (χ1n) is 11.9. The van der Waals surface area contributed by atoms with Crippen molar-refractivity contribution in [3.8, 4) is 11.7 Å². The van der Waals surface area contributed by atoms with Crippen LogP contribution in [0.15, 0.2) is 64.3 Å². The third-order valence-electron chi connectivity index (χ3n) is 6.78. The van der Waals surface area contributed by atoms with Crippen LogP contribution in [0.5, 0.6) is 5.75 Å². The highest BCUT2D eigenvalue weighted by Crippen LogP contribution is 2.35. The van der Waals surface area contributed by atoms with Crippen molar-refractivity contribution < 1.29 is 13.8 Å². The summed E-state index contributed by atoms with van der Waals surface area (Å²) in [7, 11) is 3.65. The van der Waals surface area contributed by atoms with Gasteiger partial charge in [0.2, 0.25) is 5.82 Å². The van der Waals surface area contributed by atoms with Crippen molar-refractivity contribution in [2.45, 2.75) is 43.0 Å². The van der Waals surface area contributed by atoms with Gasteiger partial charge in [-0.25, -0.2) is 5.26 Å². The minimum Gasteiger partial charge on any atom is -0.588 e. The van der Waals surface area contributed by atoms with Crippen LogP contribution >= 0.6 is 0 Å². The van der Waals surface area contributed by atoms with E-state index in [4.69, 9.17) is 9.26 Å². The van der Waals surface area contributed by atoms with Crippen molar-refractivity contribution in [3.63, 3.8) is 0 Å². The van der Waals surface area contributed by atoms with E-state index in [9.17, 15) is 9.81 Å². The maximum atomic E-state index is 13.3. The molecule has 3 heterocycles. The second-order valence-corrected chi connectivity index (χ2v) is 10.2. The Labute approximate surface area is 213 Å². The lowest BCUT2D eigenvalue weighted by Crippen LogP contribution is -2.36. The number of anilines is 2. The highest BCUT2D eigenvalue weighted by Gasteiger charge is 2.27. The van der Waals surface area contributed by atoms with Crippen molar-refractivity contribution in [2.75, 3.05) is 23.8 Å². The highest BCUT2D eigenvalue weighted by molar-refractivity contribution is 7.92. The second-order valence-electron chi connectivity index (χ2n) is 9.02. The van der Waals surface area contributed by atoms with Crippen LogP contribution in [-0.2, 0) is 17.9 Å². The van der Waals surface area contributed by atoms with Crippen LogP contribution in [0.1, 0.15) is 18.4 Å². The van der Waals surface area contributed by atoms with E-state index in [1.807, 2.05) is 53.3 Å². The Morgan fingerprint density at radius 1 is 1.31 bits per heavy atom. The molecule has 9 nitrogen and oxygen atoms in total. The molecule has 0 saturated carbocycles. The van der Waals surface area contributed by atoms with Gasteiger partial charge in [0.1, 0.15) is 22.5 Å². The number of hydrogen-bond donors (Lipinski definition) is 1. The molecule has 1 saturated heterocycles. The van der Waals surface area contributed by atoms with Crippen LogP contribution in [-0.4, -0.2) is 46.4 Å². The Kier molecular flexibility index (Phi) is 7.07. The third kappa shape index (κ3) is 5.01. The molecule has 36 heavy (non-hydrogen) atoms. The van der Waals surface area contributed by atoms with E-state index in [1.54, 1.807) is 13.3 Å². The molecular formula is C25H27BN6O3S. The summed E-state index contributed by atoms with van der Waals surface area (Å²) in [4.78, 5) is 2.86. The summed E-state index contributed by atoms with van der Waals surface area (Å²) < 4.78 is 29.3. The molecule has 1 aliphatic heterocycles. The quantitative estimate of drug-likeness (QED) is 0.279. The van der Waals surface area contributed by atoms with Crippen molar-refractivity contribution in [1.29, 1.82) is 5.26 Å². The van der Waals surface area contributed by atoms with Gasteiger partial charge in [0.05, 0.1) is 13.7 Å². The van der Waals surface area contributed by atoms with Crippen LogP contribution in [0.25, 0.3) is 11.0 Å². The summed E-state index contributed by atoms with van der Waals surface area (Å²) in [6.45, 7) is 0.723. The van der Waals surface area contributed by atoms with Gasteiger partial charge in [-0.1, -0.05) is 23.9 Å². The average Bonchev–Trinajstić information content (AvgIpc) is 3.58. The van der Waals surface area contributed by atoms with Gasteiger partial charge in [0.15, 0.2) is 10.5 Å². The standard InChI is InChI=1S/C25H27BN6O3S/c1-31(19-7-9-26(17-27)10-8-19)20-5-3-6-21(15-20)36(33)30-25-24-22(34-2)13-18(14-23(24)35-29-25)16-32-12-4-11-28-32/h3-6,11-15,19H,7-10,16H2,1-2H3,(H,29,30). The smallest absolute Gasteiger partial charge is 0.268 e. The fourth-order valence-electron chi connectivity index (χ4n) is 4.76. The zero-order valence-electron chi connectivity index (χ0n) is 20.3. The van der Waals surface area contributed by atoms with Gasteiger partial charge in [-0.05, 0) is 48.7 Å². The predicted molar refractivity (Wildman–Crippen MR) is 141 cm³/mol. The number of methoxy groups -OCH3 is 1. The van der Waals surface area contributed by atoms with Crippen molar-refractivity contribution in [2.24, 2.45) is 0 Å². The first-order chi connectivity index (χ1) is 17.6. The topological polar surface area (TPSA) is 115 Å². The SMILES string of the molecule is COc1cc(Cn2cccn2)cc2onc(N[S+]([O-])c3cccc(N(C)C4CCB(C#N)CC4)c3)c12. The molecule has 2 aromatic heterocycles. The molecule has 11 heteroatoms. The lowest BCUT2D eigenvalue weighted by Gasteiger charge is -2.33. The largest absolute Gasteiger partial charge is 0.588 e. The van der Waals surface area contributed by atoms with Gasteiger partial charge in [0.25, 0.3) is 6.71 Å². The van der Waals surface area contributed by atoms with Gasteiger partial charge in [-0.2, -0.15) is 9.82 Å². The molecule has 0 amide bonds. The molecule has 1 aliphatic rings. The number of ether oxygens (including phenoxy) is 1. The van der Waals surface area contributed by atoms with Crippen molar-refractivity contribution in [1.82, 2.24) is 14.9 Å². The number of fused-ring (bicyclic) bond motifs is 1. The Bertz CT molecular complexity index is 1360. The van der Waals surface area contributed by atoms with Gasteiger partial charge < -0.3 is 18.7 Å². The first-order valence-corrected chi connectivity index (χ1v) is 13.1. The fraction of sp³-hybridized carbons (Fsp3) is 0.320. The normalized spacial score (nSPS) is 15.0. The number of hydrogen-bond acceptors (Lipinski definition) is 8. The Morgan fingerprint density at radius 3 is 2.86 bits per heavy atom. The zero-order chi connectivity index (χ0) is 25.1. The number of nitrogens with zero attached hydrogens (tertiary/aromatic N) is 5. The van der Waals surface area contributed by atoms with Crippen molar-refractivity contribution >= 4 is 40.5 Å². The molecule has 184 valence electrons. The number of nitrogens with one attached hydrogen (secondary N) is 1. The van der Waals surface area contributed by atoms with E-state index in [-0.39, 0.29) is 6.71 Å². The van der Waals surface area contributed by atoms with E-state index < -0.39 is 11.4 Å². The molecule has 2 aromatic carbocycles. The van der Waals surface area contributed by atoms with E-state index in [1.165, 1.54) is 0 Å². The molecule has 0 radical (unpaired) electrons. The summed E-state index contributed by atoms with van der Waals surface area (Å²) in [6.07, 6.45) is 7.41. The van der Waals surface area contributed by atoms with E-state index in [0.29, 0.717) is 40.0 Å². The zero-order valence-corrected chi connectivity index (χ0v) is 21.1. The minimum atomic E-state index is -1.56. The van der Waals surface area contributed by atoms with Crippen LogP contribution in [0.4, 0.5) is 11.5 Å². The number of aromatic nitrogens is 3. The molecular weight excluding hydrogens is 475 g/mol. The van der Waals surface area contributed by atoms with Crippen LogP contribution in [0.2, 0.25) is 12.6 Å². The minimum absolute atomic E-state index is 0.161. The summed E-state index contributed by atoms with van der Waals surface area (Å²) >= 11 is -1.56. The molecule has 1 atom stereocenters. The molecule has 1 unspecified atom stereocenters. The maximum absolute atomic E-state index is 13.3. The summed E-state index contributed by atoms with van der Waals surface area (Å²) in [6, 6.07) is 13.7. The average molecular weight is 502 g/mol. The lowest BCUT2D eigenvalue weighted by atomic mass is 9.42. The number of nitriles is 1. The second kappa shape index (κ2) is 10.6. The third-order valence-corrected chi connectivity index (χ3v) is 7.84. The summed E-state index contributed by atoms with van der Waals surface area (Å²) in [5.41, 5.74) is 2.48. The lowest BCUT2D eigenvalue weighted by molar-refractivity contribution is 0.418. The molecule has 0 spiro atoms. The Morgan fingerprint density at radius 2 is 2.14 bits per heavy atom. The van der Waals surface area contributed by atoms with E-state index in [2.05, 4.69) is 32.9 Å². The monoisotopic (exact) mass is 502 g/mol. The van der Waals surface area contributed by atoms with Gasteiger partial charge in [0, 0.05) is 43.2 Å². The fourth-order valence-corrected chi connectivity index (χ4v) is 5.62. The maximum Gasteiger partial charge on any atom is 0.268 e. The first kappa shape index (κ1) is 24.1. The summed E-state index contributed by atoms with van der Waals surface area (Å²) in [5, 5.41) is 18.2. The van der Waals surface area contributed by atoms with E-state index in [0.717, 1.165) is 36.7 Å². The summed E-state index contributed by atoms with van der Waals surface area (Å²) in [5.74, 6) is 3.33. The Balaban J connectivity index is 1.33. The number of benzene rings is 2. The predicted octanol–water partition coefficient (Wildman–Crippen LogP) is 4.37. The Hall–Kier alpha value is -3.62. The van der Waals surface area contributed by atoms with Gasteiger partial charge in [-0.15, -0.1) is 0 Å². The van der Waals surface area contributed by atoms with Crippen LogP contribution < -0.4 is 14.4 Å².